The molecule has 3 nitrogen and oxygen atoms in total. The normalized spacial score (nSPS) is 28.5. The van der Waals surface area contributed by atoms with Crippen LogP contribution in [0.1, 0.15) is 25.1 Å². The maximum absolute atomic E-state index is 5.97. The molecular formula is C12H16ClN3. The molecule has 0 bridgehead atoms. The van der Waals surface area contributed by atoms with E-state index in [-0.39, 0.29) is 0 Å². The Morgan fingerprint density at radius 1 is 1.25 bits per heavy atom. The van der Waals surface area contributed by atoms with Crippen LogP contribution in [0.3, 0.4) is 0 Å². The molecule has 1 saturated heterocycles. The van der Waals surface area contributed by atoms with Gasteiger partial charge in [-0.1, -0.05) is 18.0 Å². The molecule has 4 heteroatoms. The molecule has 0 spiro atoms. The number of aromatic nitrogens is 2. The second-order valence-electron chi connectivity index (χ2n) is 4.95. The summed E-state index contributed by atoms with van der Waals surface area (Å²) in [5, 5.41) is 0.555. The fourth-order valence-electron chi connectivity index (χ4n) is 3.10. The minimum atomic E-state index is 0.555. The Morgan fingerprint density at radius 3 is 2.56 bits per heavy atom. The van der Waals surface area contributed by atoms with Crippen molar-refractivity contribution in [2.24, 2.45) is 11.8 Å². The molecule has 0 N–H and O–H groups in total. The Morgan fingerprint density at radius 2 is 1.94 bits per heavy atom. The van der Waals surface area contributed by atoms with Crippen LogP contribution >= 0.6 is 11.6 Å². The summed E-state index contributed by atoms with van der Waals surface area (Å²) in [6.07, 6.45) is 4.19. The number of nitrogens with zero attached hydrogens (tertiary/aromatic N) is 3. The van der Waals surface area contributed by atoms with Gasteiger partial charge in [0.1, 0.15) is 16.8 Å². The van der Waals surface area contributed by atoms with E-state index in [0.717, 1.165) is 36.6 Å². The van der Waals surface area contributed by atoms with Gasteiger partial charge in [-0.2, -0.15) is 0 Å². The summed E-state index contributed by atoms with van der Waals surface area (Å²) >= 11 is 5.97. The van der Waals surface area contributed by atoms with Gasteiger partial charge in [0.15, 0.2) is 0 Å². The van der Waals surface area contributed by atoms with Gasteiger partial charge in [-0.15, -0.1) is 0 Å². The lowest BCUT2D eigenvalue weighted by atomic mass is 10.0. The molecular weight excluding hydrogens is 222 g/mol. The Hall–Kier alpha value is -0.830. The zero-order chi connectivity index (χ0) is 11.1. The quantitative estimate of drug-likeness (QED) is 0.704. The molecule has 1 aliphatic carbocycles. The monoisotopic (exact) mass is 237 g/mol. The average Bonchev–Trinajstić information content (AvgIpc) is 2.74. The zero-order valence-corrected chi connectivity index (χ0v) is 10.2. The van der Waals surface area contributed by atoms with E-state index in [2.05, 4.69) is 14.9 Å². The Balaban J connectivity index is 1.83. The lowest BCUT2D eigenvalue weighted by Crippen LogP contribution is -2.22. The summed E-state index contributed by atoms with van der Waals surface area (Å²) in [4.78, 5) is 10.9. The minimum Gasteiger partial charge on any atom is -0.356 e. The summed E-state index contributed by atoms with van der Waals surface area (Å²) in [7, 11) is 0. The van der Waals surface area contributed by atoms with Crippen molar-refractivity contribution in [3.8, 4) is 0 Å². The number of aryl methyl sites for hydroxylation is 1. The number of rotatable bonds is 1. The molecule has 16 heavy (non-hydrogen) atoms. The van der Waals surface area contributed by atoms with Crippen molar-refractivity contribution in [2.75, 3.05) is 18.0 Å². The van der Waals surface area contributed by atoms with Gasteiger partial charge < -0.3 is 4.90 Å². The number of fused-ring (bicyclic) bond motifs is 1. The van der Waals surface area contributed by atoms with Gasteiger partial charge in [-0.3, -0.25) is 0 Å². The lowest BCUT2D eigenvalue weighted by molar-refractivity contribution is 0.494. The molecule has 1 aliphatic heterocycles. The standard InChI is InChI=1S/C12H16ClN3/c1-8-14-11(13)5-12(15-8)16-6-9-3-2-4-10(9)7-16/h5,9-10H,2-4,6-7H2,1H3. The summed E-state index contributed by atoms with van der Waals surface area (Å²) in [6.45, 7) is 4.20. The van der Waals surface area contributed by atoms with Gasteiger partial charge in [0.2, 0.25) is 0 Å². The topological polar surface area (TPSA) is 29.0 Å². The largest absolute Gasteiger partial charge is 0.356 e. The van der Waals surface area contributed by atoms with Crippen LogP contribution in [0.4, 0.5) is 5.82 Å². The highest BCUT2D eigenvalue weighted by molar-refractivity contribution is 6.29. The molecule has 1 aromatic heterocycles. The highest BCUT2D eigenvalue weighted by atomic mass is 35.5. The van der Waals surface area contributed by atoms with Gasteiger partial charge in [-0.05, 0) is 31.6 Å². The van der Waals surface area contributed by atoms with E-state index in [0.29, 0.717) is 5.15 Å². The van der Waals surface area contributed by atoms with Crippen molar-refractivity contribution in [2.45, 2.75) is 26.2 Å². The van der Waals surface area contributed by atoms with E-state index in [9.17, 15) is 0 Å². The second-order valence-corrected chi connectivity index (χ2v) is 5.34. The van der Waals surface area contributed by atoms with Crippen LogP contribution in [0.25, 0.3) is 0 Å². The molecule has 1 saturated carbocycles. The van der Waals surface area contributed by atoms with Gasteiger partial charge in [-0.25, -0.2) is 9.97 Å². The maximum Gasteiger partial charge on any atom is 0.134 e. The Labute approximate surface area is 101 Å². The molecule has 3 rings (SSSR count). The molecule has 0 aromatic carbocycles. The number of hydrogen-bond donors (Lipinski definition) is 0. The van der Waals surface area contributed by atoms with Crippen LogP contribution in [0.2, 0.25) is 5.15 Å². The molecule has 2 aliphatic rings. The first kappa shape index (κ1) is 10.3. The van der Waals surface area contributed by atoms with Crippen molar-refractivity contribution in [1.82, 2.24) is 9.97 Å². The SMILES string of the molecule is Cc1nc(Cl)cc(N2CC3CCCC3C2)n1. The number of halogens is 1. The fourth-order valence-corrected chi connectivity index (χ4v) is 3.32. The zero-order valence-electron chi connectivity index (χ0n) is 9.49. The number of hydrogen-bond acceptors (Lipinski definition) is 3. The molecule has 0 amide bonds. The van der Waals surface area contributed by atoms with Crippen molar-refractivity contribution in [3.63, 3.8) is 0 Å². The van der Waals surface area contributed by atoms with E-state index in [4.69, 9.17) is 11.6 Å². The molecule has 2 fully saturated rings. The number of anilines is 1. The summed E-state index contributed by atoms with van der Waals surface area (Å²) in [6, 6.07) is 1.88. The molecule has 2 atom stereocenters. The first-order valence-electron chi connectivity index (χ1n) is 5.98. The van der Waals surface area contributed by atoms with Crippen LogP contribution in [-0.4, -0.2) is 23.1 Å². The highest BCUT2D eigenvalue weighted by Gasteiger charge is 2.36. The molecule has 1 aromatic rings. The van der Waals surface area contributed by atoms with E-state index >= 15 is 0 Å². The lowest BCUT2D eigenvalue weighted by Gasteiger charge is -2.18. The van der Waals surface area contributed by atoms with Crippen molar-refractivity contribution in [1.29, 1.82) is 0 Å². The van der Waals surface area contributed by atoms with Crippen LogP contribution in [0.15, 0.2) is 6.07 Å². The third kappa shape index (κ3) is 1.77. The van der Waals surface area contributed by atoms with E-state index < -0.39 is 0 Å². The third-order valence-corrected chi connectivity index (χ3v) is 4.04. The fraction of sp³-hybridized carbons (Fsp3) is 0.667. The van der Waals surface area contributed by atoms with Crippen molar-refractivity contribution >= 4 is 17.4 Å². The average molecular weight is 238 g/mol. The predicted molar refractivity (Wildman–Crippen MR) is 64.8 cm³/mol. The van der Waals surface area contributed by atoms with Gasteiger partial charge >= 0.3 is 0 Å². The van der Waals surface area contributed by atoms with E-state index in [1.807, 2.05) is 13.0 Å². The first-order valence-corrected chi connectivity index (χ1v) is 6.36. The summed E-state index contributed by atoms with van der Waals surface area (Å²) in [5.74, 6) is 3.54. The van der Waals surface area contributed by atoms with Crippen molar-refractivity contribution in [3.05, 3.63) is 17.0 Å². The molecule has 0 radical (unpaired) electrons. The Kier molecular flexibility index (Phi) is 2.51. The van der Waals surface area contributed by atoms with E-state index in [1.54, 1.807) is 0 Å². The predicted octanol–water partition coefficient (Wildman–Crippen LogP) is 2.67. The van der Waals surface area contributed by atoms with Crippen LogP contribution in [0, 0.1) is 18.8 Å². The van der Waals surface area contributed by atoms with Crippen LogP contribution in [-0.2, 0) is 0 Å². The highest BCUT2D eigenvalue weighted by Crippen LogP contribution is 2.39. The van der Waals surface area contributed by atoms with Gasteiger partial charge in [0, 0.05) is 19.2 Å². The second kappa shape index (κ2) is 3.88. The minimum absolute atomic E-state index is 0.555. The maximum atomic E-state index is 5.97. The smallest absolute Gasteiger partial charge is 0.134 e. The molecule has 2 unspecified atom stereocenters. The van der Waals surface area contributed by atoms with Crippen LogP contribution < -0.4 is 4.90 Å². The molecule has 2 heterocycles. The first-order chi connectivity index (χ1) is 7.72. The molecule has 86 valence electrons. The van der Waals surface area contributed by atoms with E-state index in [1.165, 1.54) is 19.3 Å². The third-order valence-electron chi connectivity index (χ3n) is 3.84. The Bertz CT molecular complexity index is 375. The van der Waals surface area contributed by atoms with Crippen molar-refractivity contribution < 1.29 is 0 Å². The summed E-state index contributed by atoms with van der Waals surface area (Å²) < 4.78 is 0. The van der Waals surface area contributed by atoms with Crippen LogP contribution in [0.5, 0.6) is 0 Å². The van der Waals surface area contributed by atoms with Gasteiger partial charge in [0.05, 0.1) is 0 Å². The summed E-state index contributed by atoms with van der Waals surface area (Å²) in [5.41, 5.74) is 0. The van der Waals surface area contributed by atoms with Gasteiger partial charge in [0.25, 0.3) is 0 Å².